The van der Waals surface area contributed by atoms with Crippen molar-refractivity contribution < 1.29 is 22.8 Å². The Morgan fingerprint density at radius 3 is 2.56 bits per heavy atom. The molecule has 2 amide bonds. The fraction of sp³-hybridized carbons (Fsp3) is 0.263. The van der Waals surface area contributed by atoms with Crippen molar-refractivity contribution in [3.05, 3.63) is 54.1 Å². The molecule has 0 spiro atoms. The molecular weight excluding hydrogens is 359 g/mol. The van der Waals surface area contributed by atoms with Crippen LogP contribution in [0.2, 0.25) is 0 Å². The van der Waals surface area contributed by atoms with Crippen molar-refractivity contribution in [2.75, 3.05) is 22.1 Å². The highest BCUT2D eigenvalue weighted by molar-refractivity contribution is 6.11. The topological polar surface area (TPSA) is 61.4 Å². The third-order valence-corrected chi connectivity index (χ3v) is 4.20. The SMILES string of the molecule is CC1(C)Nc2ccccc2N(CC(=O)Nc2cccc(C(F)(F)F)c2)C1=O. The van der Waals surface area contributed by atoms with Crippen molar-refractivity contribution in [2.45, 2.75) is 25.6 Å². The minimum absolute atomic E-state index is 0.0185. The van der Waals surface area contributed by atoms with Crippen LogP contribution >= 0.6 is 0 Å². The van der Waals surface area contributed by atoms with Gasteiger partial charge in [0.15, 0.2) is 0 Å². The van der Waals surface area contributed by atoms with E-state index in [1.807, 2.05) is 0 Å². The van der Waals surface area contributed by atoms with E-state index in [1.54, 1.807) is 38.1 Å². The second-order valence-electron chi connectivity index (χ2n) is 6.79. The number of nitrogens with one attached hydrogen (secondary N) is 2. The number of rotatable bonds is 3. The van der Waals surface area contributed by atoms with E-state index < -0.39 is 23.2 Å². The summed E-state index contributed by atoms with van der Waals surface area (Å²) in [5.41, 5.74) is -0.504. The standard InChI is InChI=1S/C19H18F3N3O2/c1-18(2)17(27)25(15-9-4-3-8-14(15)24-18)11-16(26)23-13-7-5-6-12(10-13)19(20,21)22/h3-10,24H,11H2,1-2H3,(H,23,26). The second kappa shape index (κ2) is 6.61. The van der Waals surface area contributed by atoms with Gasteiger partial charge in [0.05, 0.1) is 16.9 Å². The molecule has 0 bridgehead atoms. The number of halogens is 3. The third kappa shape index (κ3) is 3.89. The maximum absolute atomic E-state index is 12.8. The van der Waals surface area contributed by atoms with E-state index in [-0.39, 0.29) is 18.1 Å². The fourth-order valence-corrected chi connectivity index (χ4v) is 2.93. The summed E-state index contributed by atoms with van der Waals surface area (Å²) in [4.78, 5) is 26.4. The molecule has 2 N–H and O–H groups in total. The number of amides is 2. The van der Waals surface area contributed by atoms with Gasteiger partial charge in [-0.2, -0.15) is 13.2 Å². The predicted molar refractivity (Wildman–Crippen MR) is 96.6 cm³/mol. The van der Waals surface area contributed by atoms with Crippen LogP contribution in [0.3, 0.4) is 0 Å². The van der Waals surface area contributed by atoms with Gasteiger partial charge in [-0.1, -0.05) is 18.2 Å². The number of carbonyl (C=O) groups is 2. The van der Waals surface area contributed by atoms with Gasteiger partial charge in [0.25, 0.3) is 5.91 Å². The van der Waals surface area contributed by atoms with E-state index in [4.69, 9.17) is 0 Å². The normalized spacial score (nSPS) is 15.7. The molecule has 0 fully saturated rings. The van der Waals surface area contributed by atoms with Gasteiger partial charge in [0, 0.05) is 5.69 Å². The van der Waals surface area contributed by atoms with Crippen LogP contribution in [0.15, 0.2) is 48.5 Å². The van der Waals surface area contributed by atoms with Gasteiger partial charge in [-0.05, 0) is 44.2 Å². The van der Waals surface area contributed by atoms with Gasteiger partial charge in [-0.25, -0.2) is 0 Å². The number of carbonyl (C=O) groups excluding carboxylic acids is 2. The molecule has 1 aliphatic rings. The minimum atomic E-state index is -4.50. The third-order valence-electron chi connectivity index (χ3n) is 4.20. The Bertz CT molecular complexity index is 894. The molecule has 27 heavy (non-hydrogen) atoms. The highest BCUT2D eigenvalue weighted by Gasteiger charge is 2.39. The van der Waals surface area contributed by atoms with Crippen LogP contribution in [0.5, 0.6) is 0 Å². The molecule has 8 heteroatoms. The van der Waals surface area contributed by atoms with Gasteiger partial charge < -0.3 is 10.6 Å². The summed E-state index contributed by atoms with van der Waals surface area (Å²) in [6.45, 7) is 3.09. The zero-order chi connectivity index (χ0) is 19.8. The first kappa shape index (κ1) is 18.8. The van der Waals surface area contributed by atoms with Crippen LogP contribution < -0.4 is 15.5 Å². The van der Waals surface area contributed by atoms with Crippen molar-refractivity contribution in [1.29, 1.82) is 0 Å². The van der Waals surface area contributed by atoms with Crippen molar-refractivity contribution in [3.8, 4) is 0 Å². The Labute approximate surface area is 154 Å². The van der Waals surface area contributed by atoms with E-state index in [9.17, 15) is 22.8 Å². The molecule has 142 valence electrons. The number of anilines is 3. The van der Waals surface area contributed by atoms with Crippen LogP contribution in [0.1, 0.15) is 19.4 Å². The number of hydrogen-bond donors (Lipinski definition) is 2. The maximum atomic E-state index is 12.8. The van der Waals surface area contributed by atoms with E-state index in [1.165, 1.54) is 17.0 Å². The molecular formula is C19H18F3N3O2. The average Bonchev–Trinajstić information content (AvgIpc) is 2.58. The molecule has 0 saturated heterocycles. The summed E-state index contributed by atoms with van der Waals surface area (Å²) in [6, 6.07) is 11.4. The number of fused-ring (bicyclic) bond motifs is 1. The smallest absolute Gasteiger partial charge is 0.370 e. The lowest BCUT2D eigenvalue weighted by Crippen LogP contribution is -2.55. The molecule has 0 saturated carbocycles. The Balaban J connectivity index is 1.81. The average molecular weight is 377 g/mol. The monoisotopic (exact) mass is 377 g/mol. The predicted octanol–water partition coefficient (Wildman–Crippen LogP) is 3.88. The quantitative estimate of drug-likeness (QED) is 0.853. The van der Waals surface area contributed by atoms with Gasteiger partial charge >= 0.3 is 6.18 Å². The van der Waals surface area contributed by atoms with Crippen LogP contribution in [0.25, 0.3) is 0 Å². The number of nitrogens with zero attached hydrogens (tertiary/aromatic N) is 1. The maximum Gasteiger partial charge on any atom is 0.416 e. The molecule has 0 aromatic heterocycles. The Hall–Kier alpha value is -3.03. The molecule has 2 aromatic carbocycles. The van der Waals surface area contributed by atoms with Crippen LogP contribution in [0.4, 0.5) is 30.2 Å². The van der Waals surface area contributed by atoms with Crippen molar-refractivity contribution >= 4 is 28.9 Å². The van der Waals surface area contributed by atoms with E-state index in [0.29, 0.717) is 11.4 Å². The molecule has 1 aliphatic heterocycles. The first-order valence-corrected chi connectivity index (χ1v) is 8.24. The number of benzene rings is 2. The summed E-state index contributed by atoms with van der Waals surface area (Å²) in [5.74, 6) is -0.893. The first-order valence-electron chi connectivity index (χ1n) is 8.24. The molecule has 1 heterocycles. The van der Waals surface area contributed by atoms with Crippen LogP contribution in [-0.4, -0.2) is 23.9 Å². The summed E-state index contributed by atoms with van der Waals surface area (Å²) in [5, 5.41) is 5.54. The first-order chi connectivity index (χ1) is 12.6. The lowest BCUT2D eigenvalue weighted by Gasteiger charge is -2.39. The lowest BCUT2D eigenvalue weighted by atomic mass is 9.98. The fourth-order valence-electron chi connectivity index (χ4n) is 2.93. The highest BCUT2D eigenvalue weighted by Crippen LogP contribution is 2.35. The van der Waals surface area contributed by atoms with Gasteiger partial charge in [0.1, 0.15) is 12.1 Å². The molecule has 0 radical (unpaired) electrons. The van der Waals surface area contributed by atoms with Crippen molar-refractivity contribution in [2.24, 2.45) is 0 Å². The second-order valence-corrected chi connectivity index (χ2v) is 6.79. The molecule has 0 aliphatic carbocycles. The van der Waals surface area contributed by atoms with Crippen molar-refractivity contribution in [1.82, 2.24) is 0 Å². The molecule has 5 nitrogen and oxygen atoms in total. The van der Waals surface area contributed by atoms with E-state index in [2.05, 4.69) is 10.6 Å². The van der Waals surface area contributed by atoms with E-state index >= 15 is 0 Å². The Morgan fingerprint density at radius 1 is 1.15 bits per heavy atom. The lowest BCUT2D eigenvalue weighted by molar-refractivity contribution is -0.137. The van der Waals surface area contributed by atoms with Crippen LogP contribution in [-0.2, 0) is 15.8 Å². The zero-order valence-electron chi connectivity index (χ0n) is 14.7. The minimum Gasteiger partial charge on any atom is -0.370 e. The summed E-state index contributed by atoms with van der Waals surface area (Å²) in [6.07, 6.45) is -4.50. The van der Waals surface area contributed by atoms with Crippen molar-refractivity contribution in [3.63, 3.8) is 0 Å². The largest absolute Gasteiger partial charge is 0.416 e. The summed E-state index contributed by atoms with van der Waals surface area (Å²) >= 11 is 0. The van der Waals surface area contributed by atoms with Gasteiger partial charge in [-0.3, -0.25) is 14.5 Å². The summed E-state index contributed by atoms with van der Waals surface area (Å²) in [7, 11) is 0. The number of alkyl halides is 3. The summed E-state index contributed by atoms with van der Waals surface area (Å²) < 4.78 is 38.4. The van der Waals surface area contributed by atoms with Crippen LogP contribution in [0, 0.1) is 0 Å². The Morgan fingerprint density at radius 2 is 1.85 bits per heavy atom. The molecule has 0 unspecified atom stereocenters. The number of hydrogen-bond acceptors (Lipinski definition) is 3. The molecule has 0 atom stereocenters. The Kier molecular flexibility index (Phi) is 4.59. The van der Waals surface area contributed by atoms with Gasteiger partial charge in [0.2, 0.25) is 5.91 Å². The zero-order valence-corrected chi connectivity index (χ0v) is 14.7. The molecule has 3 rings (SSSR count). The van der Waals surface area contributed by atoms with Gasteiger partial charge in [-0.15, -0.1) is 0 Å². The molecule has 2 aromatic rings. The number of para-hydroxylation sites is 2. The van der Waals surface area contributed by atoms with E-state index in [0.717, 1.165) is 12.1 Å². The highest BCUT2D eigenvalue weighted by atomic mass is 19.4.